The van der Waals surface area contributed by atoms with Gasteiger partial charge in [-0.05, 0) is 12.2 Å². The summed E-state index contributed by atoms with van der Waals surface area (Å²) in [5, 5.41) is 10.7. The molecule has 4 nitrogen and oxygen atoms in total. The number of hydrogen-bond donors (Lipinski definition) is 2. The quantitative estimate of drug-likeness (QED) is 0.643. The van der Waals surface area contributed by atoms with Crippen molar-refractivity contribution < 1.29 is 23.5 Å². The van der Waals surface area contributed by atoms with E-state index in [-0.39, 0.29) is 5.75 Å². The zero-order valence-corrected chi connectivity index (χ0v) is 9.73. The standard InChI is InChI=1S/C9H15F2NO3S/c1-2-3-16-5-8(13)12-6(9(14)15)4-7(10)11/h6-7H,2-5H2,1H3,(H,12,13)(H,14,15). The van der Waals surface area contributed by atoms with Gasteiger partial charge in [0, 0.05) is 6.42 Å². The molecule has 0 spiro atoms. The molecule has 16 heavy (non-hydrogen) atoms. The molecule has 1 amide bonds. The Balaban J connectivity index is 3.98. The number of carbonyl (C=O) groups is 2. The molecule has 0 rings (SSSR count). The van der Waals surface area contributed by atoms with Crippen LogP contribution in [0.3, 0.4) is 0 Å². The maximum Gasteiger partial charge on any atom is 0.326 e. The van der Waals surface area contributed by atoms with Crippen molar-refractivity contribution in [3.8, 4) is 0 Å². The van der Waals surface area contributed by atoms with Gasteiger partial charge in [-0.3, -0.25) is 4.79 Å². The van der Waals surface area contributed by atoms with Gasteiger partial charge in [-0.1, -0.05) is 6.92 Å². The average molecular weight is 255 g/mol. The maximum atomic E-state index is 12.0. The average Bonchev–Trinajstić information content (AvgIpc) is 2.16. The molecule has 0 heterocycles. The van der Waals surface area contributed by atoms with E-state index < -0.39 is 30.8 Å². The van der Waals surface area contributed by atoms with Gasteiger partial charge >= 0.3 is 5.97 Å². The third kappa shape index (κ3) is 7.44. The number of amides is 1. The Bertz CT molecular complexity index is 239. The van der Waals surface area contributed by atoms with Crippen LogP contribution in [-0.2, 0) is 9.59 Å². The molecule has 1 atom stereocenters. The number of aliphatic carboxylic acids is 1. The molecule has 0 aromatic carbocycles. The highest BCUT2D eigenvalue weighted by atomic mass is 32.2. The van der Waals surface area contributed by atoms with Gasteiger partial charge in [0.05, 0.1) is 5.75 Å². The fourth-order valence-corrected chi connectivity index (χ4v) is 1.65. The van der Waals surface area contributed by atoms with Crippen LogP contribution in [0.4, 0.5) is 8.78 Å². The van der Waals surface area contributed by atoms with Crippen LogP contribution in [0.15, 0.2) is 0 Å². The second kappa shape index (κ2) is 8.32. The Morgan fingerprint density at radius 3 is 2.50 bits per heavy atom. The molecule has 0 fully saturated rings. The number of carboxylic acids is 1. The lowest BCUT2D eigenvalue weighted by molar-refractivity contribution is -0.142. The van der Waals surface area contributed by atoms with E-state index in [9.17, 15) is 18.4 Å². The molecule has 0 aliphatic heterocycles. The fourth-order valence-electron chi connectivity index (χ4n) is 0.945. The number of carbonyl (C=O) groups excluding carboxylic acids is 1. The van der Waals surface area contributed by atoms with Crippen molar-refractivity contribution in [1.29, 1.82) is 0 Å². The Labute approximate surface area is 96.8 Å². The van der Waals surface area contributed by atoms with Crippen LogP contribution in [0.2, 0.25) is 0 Å². The van der Waals surface area contributed by atoms with Gasteiger partial charge in [-0.2, -0.15) is 11.8 Å². The van der Waals surface area contributed by atoms with Crippen LogP contribution in [0.25, 0.3) is 0 Å². The van der Waals surface area contributed by atoms with E-state index >= 15 is 0 Å². The first-order valence-corrected chi connectivity index (χ1v) is 6.00. The molecule has 2 N–H and O–H groups in total. The number of carboxylic acid groups (broad SMARTS) is 1. The van der Waals surface area contributed by atoms with E-state index in [0.717, 1.165) is 12.2 Å². The number of halogens is 2. The smallest absolute Gasteiger partial charge is 0.326 e. The summed E-state index contributed by atoms with van der Waals surface area (Å²) in [7, 11) is 0. The minimum absolute atomic E-state index is 0.0981. The zero-order chi connectivity index (χ0) is 12.6. The summed E-state index contributed by atoms with van der Waals surface area (Å²) in [5.74, 6) is -1.08. The Hall–Kier alpha value is -0.850. The highest BCUT2D eigenvalue weighted by molar-refractivity contribution is 7.99. The topological polar surface area (TPSA) is 66.4 Å². The molecule has 0 aliphatic carbocycles. The number of alkyl halides is 2. The molecule has 1 unspecified atom stereocenters. The van der Waals surface area contributed by atoms with Gasteiger partial charge in [-0.15, -0.1) is 0 Å². The molecule has 0 aliphatic rings. The summed E-state index contributed by atoms with van der Waals surface area (Å²) < 4.78 is 24.0. The van der Waals surface area contributed by atoms with Crippen molar-refractivity contribution >= 4 is 23.6 Å². The predicted octanol–water partition coefficient (Wildman–Crippen LogP) is 1.35. The van der Waals surface area contributed by atoms with Crippen LogP contribution in [0.1, 0.15) is 19.8 Å². The van der Waals surface area contributed by atoms with Crippen molar-refractivity contribution in [2.75, 3.05) is 11.5 Å². The monoisotopic (exact) mass is 255 g/mol. The lowest BCUT2D eigenvalue weighted by Gasteiger charge is -2.13. The van der Waals surface area contributed by atoms with Crippen molar-refractivity contribution in [3.05, 3.63) is 0 Å². The summed E-state index contributed by atoms with van der Waals surface area (Å²) in [6.45, 7) is 1.95. The molecule has 0 aromatic rings. The first-order valence-electron chi connectivity index (χ1n) is 4.85. The fraction of sp³-hybridized carbons (Fsp3) is 0.778. The van der Waals surface area contributed by atoms with Gasteiger partial charge in [0.1, 0.15) is 6.04 Å². The summed E-state index contributed by atoms with van der Waals surface area (Å²) >= 11 is 1.34. The van der Waals surface area contributed by atoms with Crippen LogP contribution in [-0.4, -0.2) is 41.0 Å². The largest absolute Gasteiger partial charge is 0.480 e. The van der Waals surface area contributed by atoms with Crippen molar-refractivity contribution in [2.24, 2.45) is 0 Å². The van der Waals surface area contributed by atoms with E-state index in [2.05, 4.69) is 5.32 Å². The second-order valence-electron chi connectivity index (χ2n) is 3.14. The predicted molar refractivity (Wildman–Crippen MR) is 57.8 cm³/mol. The van der Waals surface area contributed by atoms with Crippen LogP contribution >= 0.6 is 11.8 Å². The highest BCUT2D eigenvalue weighted by Crippen LogP contribution is 2.06. The third-order valence-corrected chi connectivity index (χ3v) is 2.79. The SMILES string of the molecule is CCCSCC(=O)NC(CC(F)F)C(=O)O. The molecule has 0 radical (unpaired) electrons. The summed E-state index contributed by atoms with van der Waals surface area (Å²) in [6.07, 6.45) is -2.71. The van der Waals surface area contributed by atoms with Crippen LogP contribution in [0, 0.1) is 0 Å². The van der Waals surface area contributed by atoms with E-state index in [0.29, 0.717) is 0 Å². The number of thioether (sulfide) groups is 1. The Kier molecular flexibility index (Phi) is 7.88. The molecule has 0 aromatic heterocycles. The van der Waals surface area contributed by atoms with Crippen molar-refractivity contribution in [2.45, 2.75) is 32.2 Å². The molecule has 7 heteroatoms. The highest BCUT2D eigenvalue weighted by Gasteiger charge is 2.23. The molecule has 0 saturated heterocycles. The number of hydrogen-bond acceptors (Lipinski definition) is 3. The van der Waals surface area contributed by atoms with E-state index in [4.69, 9.17) is 5.11 Å². The molecular formula is C9H15F2NO3S. The summed E-state index contributed by atoms with van der Waals surface area (Å²) in [6, 6.07) is -1.50. The summed E-state index contributed by atoms with van der Waals surface area (Å²) in [4.78, 5) is 21.7. The zero-order valence-electron chi connectivity index (χ0n) is 8.91. The number of nitrogens with one attached hydrogen (secondary N) is 1. The van der Waals surface area contributed by atoms with Gasteiger partial charge in [0.15, 0.2) is 0 Å². The summed E-state index contributed by atoms with van der Waals surface area (Å²) in [5.41, 5.74) is 0. The lowest BCUT2D eigenvalue weighted by atomic mass is 10.2. The van der Waals surface area contributed by atoms with E-state index in [1.54, 1.807) is 0 Å². The van der Waals surface area contributed by atoms with Gasteiger partial charge in [0.2, 0.25) is 12.3 Å². The third-order valence-electron chi connectivity index (χ3n) is 1.63. The number of rotatable bonds is 8. The molecule has 0 bridgehead atoms. The second-order valence-corrected chi connectivity index (χ2v) is 4.24. The first kappa shape index (κ1) is 15.2. The van der Waals surface area contributed by atoms with E-state index in [1.165, 1.54) is 11.8 Å². The van der Waals surface area contributed by atoms with Crippen LogP contribution < -0.4 is 5.32 Å². The molecular weight excluding hydrogens is 240 g/mol. The lowest BCUT2D eigenvalue weighted by Crippen LogP contribution is -2.42. The Morgan fingerprint density at radius 2 is 2.06 bits per heavy atom. The Morgan fingerprint density at radius 1 is 1.44 bits per heavy atom. The van der Waals surface area contributed by atoms with Crippen molar-refractivity contribution in [3.63, 3.8) is 0 Å². The van der Waals surface area contributed by atoms with Crippen LogP contribution in [0.5, 0.6) is 0 Å². The normalized spacial score (nSPS) is 12.5. The van der Waals surface area contributed by atoms with Gasteiger partial charge in [0.25, 0.3) is 0 Å². The maximum absolute atomic E-state index is 12.0. The van der Waals surface area contributed by atoms with E-state index in [1.807, 2.05) is 6.92 Å². The minimum atomic E-state index is -2.75. The first-order chi connectivity index (χ1) is 7.47. The molecule has 0 saturated carbocycles. The minimum Gasteiger partial charge on any atom is -0.480 e. The van der Waals surface area contributed by atoms with Gasteiger partial charge in [-0.25, -0.2) is 13.6 Å². The van der Waals surface area contributed by atoms with Crippen molar-refractivity contribution in [1.82, 2.24) is 5.32 Å². The molecule has 94 valence electrons. The van der Waals surface area contributed by atoms with Gasteiger partial charge < -0.3 is 10.4 Å².